The molecule has 0 spiro atoms. The molecular formula is C15H26N4OS. The van der Waals surface area contributed by atoms with Gasteiger partial charge >= 0.3 is 0 Å². The Morgan fingerprint density at radius 1 is 1.38 bits per heavy atom. The summed E-state index contributed by atoms with van der Waals surface area (Å²) in [6.45, 7) is 4.79. The van der Waals surface area contributed by atoms with Crippen LogP contribution in [0.15, 0.2) is 0 Å². The highest BCUT2D eigenvalue weighted by molar-refractivity contribution is 7.18. The number of anilines is 2. The summed E-state index contributed by atoms with van der Waals surface area (Å²) in [4.78, 5) is 16.9. The van der Waals surface area contributed by atoms with E-state index in [2.05, 4.69) is 15.6 Å². The van der Waals surface area contributed by atoms with Crippen molar-refractivity contribution in [3.05, 3.63) is 4.88 Å². The molecule has 0 aliphatic heterocycles. The van der Waals surface area contributed by atoms with Gasteiger partial charge in [0.05, 0.1) is 0 Å². The van der Waals surface area contributed by atoms with Crippen molar-refractivity contribution < 1.29 is 4.79 Å². The van der Waals surface area contributed by atoms with Gasteiger partial charge in [-0.2, -0.15) is 0 Å². The largest absolute Gasteiger partial charge is 0.382 e. The molecule has 118 valence electrons. The molecule has 2 rings (SSSR count). The van der Waals surface area contributed by atoms with E-state index in [0.29, 0.717) is 15.8 Å². The third-order valence-corrected chi connectivity index (χ3v) is 4.84. The van der Waals surface area contributed by atoms with Crippen molar-refractivity contribution >= 4 is 28.2 Å². The Morgan fingerprint density at radius 2 is 2.10 bits per heavy atom. The first-order chi connectivity index (χ1) is 10.1. The minimum Gasteiger partial charge on any atom is -0.382 e. The molecule has 0 unspecified atom stereocenters. The van der Waals surface area contributed by atoms with Crippen molar-refractivity contribution in [1.29, 1.82) is 0 Å². The van der Waals surface area contributed by atoms with Crippen LogP contribution in [0.1, 0.15) is 62.0 Å². The smallest absolute Gasteiger partial charge is 0.265 e. The highest BCUT2D eigenvalue weighted by atomic mass is 32.1. The minimum atomic E-state index is -0.0994. The van der Waals surface area contributed by atoms with Crippen LogP contribution in [0.4, 0.5) is 10.9 Å². The lowest BCUT2D eigenvalue weighted by Crippen LogP contribution is -2.26. The molecule has 0 saturated heterocycles. The Kier molecular flexibility index (Phi) is 5.85. The van der Waals surface area contributed by atoms with Crippen molar-refractivity contribution in [2.24, 2.45) is 5.92 Å². The molecule has 1 aromatic heterocycles. The van der Waals surface area contributed by atoms with Crippen LogP contribution in [0.5, 0.6) is 0 Å². The van der Waals surface area contributed by atoms with Crippen LogP contribution in [0.2, 0.25) is 0 Å². The molecule has 0 bridgehead atoms. The van der Waals surface area contributed by atoms with Gasteiger partial charge in [0, 0.05) is 12.6 Å². The average molecular weight is 310 g/mol. The van der Waals surface area contributed by atoms with Gasteiger partial charge in [-0.1, -0.05) is 43.4 Å². The van der Waals surface area contributed by atoms with Gasteiger partial charge in [0.2, 0.25) is 0 Å². The molecular weight excluding hydrogens is 284 g/mol. The molecule has 1 fully saturated rings. The first-order valence-corrected chi connectivity index (χ1v) is 8.69. The van der Waals surface area contributed by atoms with Crippen molar-refractivity contribution in [1.82, 2.24) is 10.3 Å². The fraction of sp³-hybridized carbons (Fsp3) is 0.733. The second-order valence-corrected chi connectivity index (χ2v) is 7.08. The SMILES string of the molecule is CC(C)Nc1nc(N)c(C(=O)NCCC2CCCCC2)s1. The number of rotatable bonds is 6. The van der Waals surface area contributed by atoms with Gasteiger partial charge in [-0.05, 0) is 26.2 Å². The monoisotopic (exact) mass is 310 g/mol. The lowest BCUT2D eigenvalue weighted by molar-refractivity contribution is 0.0955. The molecule has 6 heteroatoms. The first kappa shape index (κ1) is 16.1. The number of nitrogens with zero attached hydrogens (tertiary/aromatic N) is 1. The molecule has 1 aromatic rings. The van der Waals surface area contributed by atoms with Crippen molar-refractivity contribution in [2.75, 3.05) is 17.6 Å². The zero-order valence-electron chi connectivity index (χ0n) is 12.9. The topological polar surface area (TPSA) is 80.0 Å². The lowest BCUT2D eigenvalue weighted by Gasteiger charge is -2.21. The van der Waals surface area contributed by atoms with E-state index >= 15 is 0 Å². The van der Waals surface area contributed by atoms with E-state index in [1.165, 1.54) is 43.4 Å². The van der Waals surface area contributed by atoms with Crippen molar-refractivity contribution in [3.63, 3.8) is 0 Å². The summed E-state index contributed by atoms with van der Waals surface area (Å²) in [6.07, 6.45) is 7.73. The number of carbonyl (C=O) groups is 1. The maximum Gasteiger partial charge on any atom is 0.265 e. The zero-order chi connectivity index (χ0) is 15.2. The van der Waals surface area contributed by atoms with Gasteiger partial charge in [-0.3, -0.25) is 4.79 Å². The Hall–Kier alpha value is -1.30. The van der Waals surface area contributed by atoms with Crippen LogP contribution in [-0.2, 0) is 0 Å². The first-order valence-electron chi connectivity index (χ1n) is 7.87. The van der Waals surface area contributed by atoms with E-state index in [1.54, 1.807) is 0 Å². The molecule has 4 N–H and O–H groups in total. The van der Waals surface area contributed by atoms with Crippen LogP contribution in [0, 0.1) is 5.92 Å². The van der Waals surface area contributed by atoms with Crippen LogP contribution in [0.3, 0.4) is 0 Å². The molecule has 5 nitrogen and oxygen atoms in total. The van der Waals surface area contributed by atoms with Crippen molar-refractivity contribution in [3.8, 4) is 0 Å². The Labute approximate surface area is 130 Å². The number of carbonyl (C=O) groups excluding carboxylic acids is 1. The van der Waals surface area contributed by atoms with E-state index in [-0.39, 0.29) is 11.9 Å². The van der Waals surface area contributed by atoms with Gasteiger partial charge in [-0.15, -0.1) is 0 Å². The predicted octanol–water partition coefficient (Wildman–Crippen LogP) is 3.25. The van der Waals surface area contributed by atoms with Crippen LogP contribution >= 0.6 is 11.3 Å². The minimum absolute atomic E-state index is 0.0994. The van der Waals surface area contributed by atoms with E-state index in [1.807, 2.05) is 13.8 Å². The number of nitrogen functional groups attached to an aromatic ring is 1. The summed E-state index contributed by atoms with van der Waals surface area (Å²) in [5, 5.41) is 6.86. The fourth-order valence-corrected chi connectivity index (χ4v) is 3.70. The number of nitrogens with two attached hydrogens (primary N) is 1. The summed E-state index contributed by atoms with van der Waals surface area (Å²) >= 11 is 1.32. The van der Waals surface area contributed by atoms with Crippen LogP contribution < -0.4 is 16.4 Å². The second kappa shape index (κ2) is 7.64. The molecule has 1 aliphatic carbocycles. The van der Waals surface area contributed by atoms with Gasteiger partial charge < -0.3 is 16.4 Å². The summed E-state index contributed by atoms with van der Waals surface area (Å²) in [5.41, 5.74) is 5.83. The number of aromatic nitrogens is 1. The normalized spacial score (nSPS) is 16.1. The van der Waals surface area contributed by atoms with Gasteiger partial charge in [-0.25, -0.2) is 4.98 Å². The predicted molar refractivity (Wildman–Crippen MR) is 88.8 cm³/mol. The fourth-order valence-electron chi connectivity index (χ4n) is 2.75. The molecule has 1 amide bonds. The third kappa shape index (κ3) is 4.88. The van der Waals surface area contributed by atoms with E-state index in [4.69, 9.17) is 5.73 Å². The van der Waals surface area contributed by atoms with Gasteiger partial charge in [0.1, 0.15) is 10.7 Å². The van der Waals surface area contributed by atoms with Gasteiger partial charge in [0.25, 0.3) is 5.91 Å². The lowest BCUT2D eigenvalue weighted by atomic mass is 9.87. The third-order valence-electron chi connectivity index (χ3n) is 3.83. The maximum atomic E-state index is 12.2. The van der Waals surface area contributed by atoms with Crippen LogP contribution in [-0.4, -0.2) is 23.5 Å². The molecule has 1 aliphatic rings. The molecule has 1 heterocycles. The highest BCUT2D eigenvalue weighted by Crippen LogP contribution is 2.27. The molecule has 1 saturated carbocycles. The summed E-state index contributed by atoms with van der Waals surface area (Å²) in [7, 11) is 0. The Morgan fingerprint density at radius 3 is 2.76 bits per heavy atom. The Bertz CT molecular complexity index is 466. The molecule has 0 radical (unpaired) electrons. The standard InChI is InChI=1S/C15H26N4OS/c1-10(2)18-15-19-13(16)12(21-15)14(20)17-9-8-11-6-4-3-5-7-11/h10-11H,3-9,16H2,1-2H3,(H,17,20)(H,18,19). The summed E-state index contributed by atoms with van der Waals surface area (Å²) in [5.74, 6) is 0.993. The zero-order valence-corrected chi connectivity index (χ0v) is 13.8. The number of amides is 1. The van der Waals surface area contributed by atoms with Crippen LogP contribution in [0.25, 0.3) is 0 Å². The number of nitrogens with one attached hydrogen (secondary N) is 2. The molecule has 0 aromatic carbocycles. The van der Waals surface area contributed by atoms with E-state index < -0.39 is 0 Å². The second-order valence-electron chi connectivity index (χ2n) is 6.08. The average Bonchev–Trinajstić information content (AvgIpc) is 2.80. The summed E-state index contributed by atoms with van der Waals surface area (Å²) in [6, 6.07) is 0.276. The molecule has 21 heavy (non-hydrogen) atoms. The quantitative estimate of drug-likeness (QED) is 0.753. The summed E-state index contributed by atoms with van der Waals surface area (Å²) < 4.78 is 0. The van der Waals surface area contributed by atoms with E-state index in [0.717, 1.165) is 18.9 Å². The number of hydrogen-bond acceptors (Lipinski definition) is 5. The van der Waals surface area contributed by atoms with E-state index in [9.17, 15) is 4.79 Å². The number of hydrogen-bond donors (Lipinski definition) is 3. The van der Waals surface area contributed by atoms with Gasteiger partial charge in [0.15, 0.2) is 5.13 Å². The Balaban J connectivity index is 1.81. The maximum absolute atomic E-state index is 12.2. The highest BCUT2D eigenvalue weighted by Gasteiger charge is 2.17. The van der Waals surface area contributed by atoms with Crippen molar-refractivity contribution in [2.45, 2.75) is 58.4 Å². The molecule has 0 atom stereocenters. The number of thiazole rings is 1.